The lowest BCUT2D eigenvalue weighted by Gasteiger charge is -2.37. The van der Waals surface area contributed by atoms with Gasteiger partial charge >= 0.3 is 0 Å². The molecule has 0 spiro atoms. The molecule has 0 amide bonds. The van der Waals surface area contributed by atoms with E-state index in [1.54, 1.807) is 12.1 Å². The molecule has 1 aliphatic carbocycles. The number of benzene rings is 1. The van der Waals surface area contributed by atoms with Gasteiger partial charge in [0.15, 0.2) is 11.8 Å². The zero-order valence-corrected chi connectivity index (χ0v) is 22.3. The molecule has 7 nitrogen and oxygen atoms in total. The summed E-state index contributed by atoms with van der Waals surface area (Å²) < 4.78 is 15.6. The van der Waals surface area contributed by atoms with Gasteiger partial charge in [-0.2, -0.15) is 0 Å². The van der Waals surface area contributed by atoms with Gasteiger partial charge in [-0.1, -0.05) is 19.3 Å². The SMILES string of the molecule is Cc1cc(F)ccc1N1CCCC(NC(=NCc2nnc(C)n2C)NC2CCCCC2)C1.I. The first-order chi connectivity index (χ1) is 15.5. The van der Waals surface area contributed by atoms with Gasteiger partial charge < -0.3 is 20.1 Å². The monoisotopic (exact) mass is 569 g/mol. The summed E-state index contributed by atoms with van der Waals surface area (Å²) >= 11 is 0. The van der Waals surface area contributed by atoms with Crippen molar-refractivity contribution < 1.29 is 4.39 Å². The second kappa shape index (κ2) is 12.0. The average molecular weight is 570 g/mol. The second-order valence-corrected chi connectivity index (χ2v) is 9.23. The molecule has 9 heteroatoms. The zero-order chi connectivity index (χ0) is 22.5. The molecule has 2 aliphatic rings. The Labute approximate surface area is 213 Å². The molecule has 1 atom stereocenters. The van der Waals surface area contributed by atoms with Crippen LogP contribution in [0.3, 0.4) is 0 Å². The molecule has 2 fully saturated rings. The number of aromatic nitrogens is 3. The molecule has 2 heterocycles. The lowest BCUT2D eigenvalue weighted by Crippen LogP contribution is -2.53. The van der Waals surface area contributed by atoms with E-state index in [1.807, 2.05) is 31.5 Å². The van der Waals surface area contributed by atoms with Crippen molar-refractivity contribution in [1.82, 2.24) is 25.4 Å². The number of rotatable bonds is 5. The Balaban J connectivity index is 0.00000306. The Morgan fingerprint density at radius 2 is 1.79 bits per heavy atom. The maximum atomic E-state index is 13.6. The van der Waals surface area contributed by atoms with E-state index in [1.165, 1.54) is 32.1 Å². The molecule has 33 heavy (non-hydrogen) atoms. The molecule has 1 saturated carbocycles. The number of guanidine groups is 1. The molecule has 2 N–H and O–H groups in total. The molecule has 1 unspecified atom stereocenters. The van der Waals surface area contributed by atoms with Gasteiger partial charge in [0.1, 0.15) is 18.2 Å². The number of nitrogens with zero attached hydrogens (tertiary/aromatic N) is 5. The van der Waals surface area contributed by atoms with E-state index in [0.29, 0.717) is 12.6 Å². The third-order valence-electron chi connectivity index (χ3n) is 6.77. The lowest BCUT2D eigenvalue weighted by molar-refractivity contribution is 0.402. The van der Waals surface area contributed by atoms with E-state index in [0.717, 1.165) is 54.8 Å². The van der Waals surface area contributed by atoms with Gasteiger partial charge in [-0.25, -0.2) is 9.38 Å². The number of anilines is 1. The van der Waals surface area contributed by atoms with Gasteiger partial charge in [0, 0.05) is 37.9 Å². The fourth-order valence-corrected chi connectivity index (χ4v) is 4.79. The average Bonchev–Trinajstić information content (AvgIpc) is 3.10. The van der Waals surface area contributed by atoms with Crippen LogP contribution in [0.25, 0.3) is 0 Å². The Hall–Kier alpha value is -1.91. The normalized spacial score (nSPS) is 19.8. The minimum absolute atomic E-state index is 0. The van der Waals surface area contributed by atoms with E-state index in [2.05, 4.69) is 25.7 Å². The van der Waals surface area contributed by atoms with Crippen LogP contribution < -0.4 is 15.5 Å². The Morgan fingerprint density at radius 1 is 1.06 bits per heavy atom. The molecule has 1 aromatic heterocycles. The molecular formula is C24H37FIN7. The number of piperidine rings is 1. The first-order valence-corrected chi connectivity index (χ1v) is 11.9. The van der Waals surface area contributed by atoms with Gasteiger partial charge in [-0.3, -0.25) is 0 Å². The Morgan fingerprint density at radius 3 is 2.48 bits per heavy atom. The highest BCUT2D eigenvalue weighted by molar-refractivity contribution is 14.0. The van der Waals surface area contributed by atoms with Crippen molar-refractivity contribution in [1.29, 1.82) is 0 Å². The number of hydrogen-bond acceptors (Lipinski definition) is 4. The van der Waals surface area contributed by atoms with Gasteiger partial charge in [0.05, 0.1) is 0 Å². The van der Waals surface area contributed by atoms with Crippen molar-refractivity contribution in [3.05, 3.63) is 41.2 Å². The van der Waals surface area contributed by atoms with Crippen LogP contribution in [0.15, 0.2) is 23.2 Å². The molecule has 0 radical (unpaired) electrons. The summed E-state index contributed by atoms with van der Waals surface area (Å²) in [6.45, 7) is 6.29. The predicted molar refractivity (Wildman–Crippen MR) is 142 cm³/mol. The van der Waals surface area contributed by atoms with E-state index < -0.39 is 0 Å². The number of halogens is 2. The summed E-state index contributed by atoms with van der Waals surface area (Å²) in [7, 11) is 1.98. The number of hydrogen-bond donors (Lipinski definition) is 2. The Bertz CT molecular complexity index is 939. The van der Waals surface area contributed by atoms with Crippen molar-refractivity contribution in [3.63, 3.8) is 0 Å². The van der Waals surface area contributed by atoms with E-state index in [9.17, 15) is 4.39 Å². The van der Waals surface area contributed by atoms with Crippen LogP contribution in [0.5, 0.6) is 0 Å². The standard InChI is InChI=1S/C24H36FN7.HI/c1-17-14-19(25)11-12-22(17)32-13-7-10-21(16-32)28-24(27-20-8-5-4-6-9-20)26-15-23-30-29-18(2)31(23)3;/h11-12,14,20-21H,4-10,13,15-16H2,1-3H3,(H2,26,27,28);1H. The van der Waals surface area contributed by atoms with Crippen LogP contribution >= 0.6 is 24.0 Å². The smallest absolute Gasteiger partial charge is 0.192 e. The first-order valence-electron chi connectivity index (χ1n) is 11.9. The van der Waals surface area contributed by atoms with Gasteiger partial charge in [-0.15, -0.1) is 34.2 Å². The summed E-state index contributed by atoms with van der Waals surface area (Å²) in [6, 6.07) is 5.82. The highest BCUT2D eigenvalue weighted by Crippen LogP contribution is 2.24. The molecular weight excluding hydrogens is 532 g/mol. The minimum Gasteiger partial charge on any atom is -0.369 e. The van der Waals surface area contributed by atoms with E-state index in [-0.39, 0.29) is 35.8 Å². The minimum atomic E-state index is -0.178. The summed E-state index contributed by atoms with van der Waals surface area (Å²) in [4.78, 5) is 7.25. The fraction of sp³-hybridized carbons (Fsp3) is 0.625. The Kier molecular flexibility index (Phi) is 9.34. The molecule has 182 valence electrons. The molecule has 1 saturated heterocycles. The third-order valence-corrected chi connectivity index (χ3v) is 6.77. The molecule has 4 rings (SSSR count). The number of aliphatic imine (C=N–C) groups is 1. The van der Waals surface area contributed by atoms with Crippen LogP contribution in [0.1, 0.15) is 62.2 Å². The molecule has 1 aliphatic heterocycles. The second-order valence-electron chi connectivity index (χ2n) is 9.23. The fourth-order valence-electron chi connectivity index (χ4n) is 4.79. The summed E-state index contributed by atoms with van der Waals surface area (Å²) in [6.07, 6.45) is 8.43. The van der Waals surface area contributed by atoms with Gasteiger partial charge in [0.25, 0.3) is 0 Å². The zero-order valence-electron chi connectivity index (χ0n) is 20.0. The maximum absolute atomic E-state index is 13.6. The van der Waals surface area contributed by atoms with Crippen molar-refractivity contribution >= 4 is 35.6 Å². The quantitative estimate of drug-likeness (QED) is 0.321. The van der Waals surface area contributed by atoms with Gasteiger partial charge in [0.2, 0.25) is 0 Å². The third kappa shape index (κ3) is 6.80. The molecule has 2 aromatic rings. The van der Waals surface area contributed by atoms with Crippen molar-refractivity contribution in [2.24, 2.45) is 12.0 Å². The summed E-state index contributed by atoms with van der Waals surface area (Å²) in [5.74, 6) is 2.44. The van der Waals surface area contributed by atoms with Crippen molar-refractivity contribution in [2.45, 2.75) is 77.4 Å². The lowest BCUT2D eigenvalue weighted by atomic mass is 9.95. The van der Waals surface area contributed by atoms with Crippen LogP contribution in [0.4, 0.5) is 10.1 Å². The number of nitrogens with one attached hydrogen (secondary N) is 2. The predicted octanol–water partition coefficient (Wildman–Crippen LogP) is 4.23. The first kappa shape index (κ1) is 25.7. The van der Waals surface area contributed by atoms with Crippen LogP contribution in [0.2, 0.25) is 0 Å². The van der Waals surface area contributed by atoms with Crippen molar-refractivity contribution in [2.75, 3.05) is 18.0 Å². The van der Waals surface area contributed by atoms with Gasteiger partial charge in [-0.05, 0) is 63.3 Å². The van der Waals surface area contributed by atoms with E-state index in [4.69, 9.17) is 4.99 Å². The summed E-state index contributed by atoms with van der Waals surface area (Å²) in [5.41, 5.74) is 2.10. The van der Waals surface area contributed by atoms with E-state index >= 15 is 0 Å². The topological polar surface area (TPSA) is 70.4 Å². The number of aryl methyl sites for hydroxylation is 2. The highest BCUT2D eigenvalue weighted by atomic mass is 127. The molecule has 0 bridgehead atoms. The highest BCUT2D eigenvalue weighted by Gasteiger charge is 2.23. The van der Waals surface area contributed by atoms with Crippen LogP contribution in [-0.4, -0.2) is 45.9 Å². The van der Waals surface area contributed by atoms with Crippen LogP contribution in [-0.2, 0) is 13.6 Å². The maximum Gasteiger partial charge on any atom is 0.192 e. The van der Waals surface area contributed by atoms with Crippen molar-refractivity contribution in [3.8, 4) is 0 Å². The van der Waals surface area contributed by atoms with Crippen LogP contribution in [0, 0.1) is 19.7 Å². The summed E-state index contributed by atoms with van der Waals surface area (Å²) in [5, 5.41) is 15.8. The molecule has 1 aromatic carbocycles. The largest absolute Gasteiger partial charge is 0.369 e.